The quantitative estimate of drug-likeness (QED) is 0.148. The number of hydrogen-bond acceptors (Lipinski definition) is 2. The van der Waals surface area contributed by atoms with Gasteiger partial charge in [-0.3, -0.25) is 0 Å². The lowest BCUT2D eigenvalue weighted by Gasteiger charge is -2.46. The Balaban J connectivity index is 1.17. The van der Waals surface area contributed by atoms with Gasteiger partial charge in [-0.05, 0) is 144 Å². The molecule has 93 heavy (non-hydrogen) atoms. The summed E-state index contributed by atoms with van der Waals surface area (Å²) in [5, 5.41) is -1.37. The smallest absolute Gasteiger partial charge is 0.252 e. The highest BCUT2D eigenvalue weighted by Crippen LogP contribution is 2.53. The van der Waals surface area contributed by atoms with Crippen LogP contribution < -0.4 is 26.2 Å². The van der Waals surface area contributed by atoms with E-state index in [1.54, 1.807) is 0 Å². The van der Waals surface area contributed by atoms with Crippen molar-refractivity contribution in [1.29, 1.82) is 0 Å². The molecule has 12 aromatic carbocycles. The van der Waals surface area contributed by atoms with E-state index >= 15 is 0 Å². The number of fused-ring (bicyclic) bond motifs is 10. The monoisotopic (exact) mass is 1220 g/mol. The van der Waals surface area contributed by atoms with E-state index in [4.69, 9.17) is 5.48 Å². The lowest BCUT2D eigenvalue weighted by molar-refractivity contribution is 0.590. The first kappa shape index (κ1) is 38.7. The summed E-state index contributed by atoms with van der Waals surface area (Å²) in [6.07, 6.45) is 0. The van der Waals surface area contributed by atoms with E-state index in [-0.39, 0.29) is 60.1 Å². The van der Waals surface area contributed by atoms with Crippen molar-refractivity contribution in [3.8, 4) is 44.8 Å². The van der Waals surface area contributed by atoms with Crippen molar-refractivity contribution >= 4 is 101 Å². The standard InChI is InChI=1S/C88H79BN4/c1-85(2,3)59-42-36-56(37-43-59)65-24-13-18-31-74(65)92-79-54-63(90-75-32-19-14-25-68(75)69-26-15-20-33-76(69)90)48-50-72(79)89-73-51-49-64(91-77-34-21-16-27-70(77)71-28-17-22-35-78(71)91)55-80(73)93(82-53-62(88(10,11)12)52-81(92)83(82)89)84-66(57-38-44-60(45-39-57)86(4,5)6)29-23-30-67(84)58-40-46-61(47-41-58)87(7,8)9/h13-55H,1-12H3/i14D,15D,16D,17D,19D,20D,21D,22D,25D,26D,27D,28D,32D,33D,34D,35D,48D,49D,50D,51D,54D,55D. The molecule has 0 spiro atoms. The van der Waals surface area contributed by atoms with Crippen molar-refractivity contribution in [2.24, 2.45) is 0 Å². The minimum Gasteiger partial charge on any atom is -0.311 e. The van der Waals surface area contributed by atoms with E-state index in [1.807, 2.05) is 158 Å². The molecule has 0 aliphatic carbocycles. The van der Waals surface area contributed by atoms with Crippen molar-refractivity contribution < 1.29 is 30.2 Å². The van der Waals surface area contributed by atoms with Crippen molar-refractivity contribution in [3.63, 3.8) is 0 Å². The van der Waals surface area contributed by atoms with Crippen LogP contribution in [0.1, 0.15) is 135 Å². The number of benzene rings is 12. The average Bonchev–Trinajstić information content (AvgIpc) is 1.53. The van der Waals surface area contributed by atoms with Crippen LogP contribution in [0.4, 0.5) is 34.1 Å². The molecule has 14 aromatic rings. The van der Waals surface area contributed by atoms with Gasteiger partial charge in [-0.25, -0.2) is 0 Å². The number of anilines is 6. The Hall–Kier alpha value is -10.1. The van der Waals surface area contributed by atoms with Gasteiger partial charge in [0, 0.05) is 72.4 Å². The molecule has 0 atom stereocenters. The van der Waals surface area contributed by atoms with Gasteiger partial charge >= 0.3 is 0 Å². The molecule has 0 unspecified atom stereocenters. The lowest BCUT2D eigenvalue weighted by Crippen LogP contribution is -2.61. The molecule has 0 saturated heterocycles. The molecule has 0 amide bonds. The molecular formula is C88H79BN4. The second-order valence-corrected chi connectivity index (χ2v) is 28.5. The minimum atomic E-state index is -1.59. The molecule has 454 valence electrons. The van der Waals surface area contributed by atoms with Crippen molar-refractivity contribution in [2.45, 2.75) is 105 Å². The Morgan fingerprint density at radius 2 is 0.656 bits per heavy atom. The molecule has 2 aliphatic rings. The highest BCUT2D eigenvalue weighted by Gasteiger charge is 2.46. The highest BCUT2D eigenvalue weighted by molar-refractivity contribution is 7.00. The third-order valence-electron chi connectivity index (χ3n) is 18.5. The third kappa shape index (κ3) is 9.48. The predicted octanol–water partition coefficient (Wildman–Crippen LogP) is 22.2. The zero-order valence-corrected chi connectivity index (χ0v) is 54.0. The van der Waals surface area contributed by atoms with Gasteiger partial charge in [-0.2, -0.15) is 0 Å². The zero-order chi connectivity index (χ0) is 83.2. The minimum absolute atomic E-state index is 0.136. The van der Waals surface area contributed by atoms with Crippen LogP contribution in [0.5, 0.6) is 0 Å². The van der Waals surface area contributed by atoms with Crippen LogP contribution >= 0.6 is 0 Å². The van der Waals surface area contributed by atoms with Gasteiger partial charge in [0.05, 0.1) is 63.6 Å². The summed E-state index contributed by atoms with van der Waals surface area (Å²) < 4.78 is 219. The van der Waals surface area contributed by atoms with Crippen LogP contribution in [0.3, 0.4) is 0 Å². The number of rotatable bonds is 7. The zero-order valence-electron chi connectivity index (χ0n) is 76.0. The molecule has 0 N–H and O–H groups in total. The van der Waals surface area contributed by atoms with E-state index < -0.39 is 179 Å². The highest BCUT2D eigenvalue weighted by atomic mass is 15.2. The molecule has 4 heterocycles. The van der Waals surface area contributed by atoms with E-state index in [1.165, 1.54) is 0 Å². The third-order valence-corrected chi connectivity index (χ3v) is 18.5. The van der Waals surface area contributed by atoms with Gasteiger partial charge in [0.2, 0.25) is 0 Å². The maximum atomic E-state index is 11.6. The maximum absolute atomic E-state index is 11.6. The Kier molecular flexibility index (Phi) is 8.83. The Morgan fingerprint density at radius 3 is 1.05 bits per heavy atom. The van der Waals surface area contributed by atoms with Crippen LogP contribution in [0.15, 0.2) is 260 Å². The molecule has 5 heteroatoms. The van der Waals surface area contributed by atoms with E-state index in [9.17, 15) is 24.7 Å². The van der Waals surface area contributed by atoms with Crippen LogP contribution in [0, 0.1) is 0 Å². The summed E-state index contributed by atoms with van der Waals surface area (Å²) in [6, 6.07) is 25.9. The summed E-state index contributed by atoms with van der Waals surface area (Å²) in [7, 11) is 0. The second kappa shape index (κ2) is 21.2. The first-order chi connectivity index (χ1) is 53.9. The molecule has 0 saturated carbocycles. The normalized spacial score (nSPS) is 16.6. The second-order valence-electron chi connectivity index (χ2n) is 28.5. The maximum Gasteiger partial charge on any atom is 0.252 e. The number of aromatic nitrogens is 2. The molecule has 0 radical (unpaired) electrons. The van der Waals surface area contributed by atoms with Crippen molar-refractivity contribution in [3.05, 3.63) is 283 Å². The van der Waals surface area contributed by atoms with E-state index in [2.05, 4.69) is 62.3 Å². The van der Waals surface area contributed by atoms with Gasteiger partial charge in [0.1, 0.15) is 0 Å². The molecule has 4 nitrogen and oxygen atoms in total. The fraction of sp³-hybridized carbons (Fsp3) is 0.182. The number of hydrogen-bond donors (Lipinski definition) is 0. The fourth-order valence-corrected chi connectivity index (χ4v) is 13.6. The van der Waals surface area contributed by atoms with Crippen molar-refractivity contribution in [1.82, 2.24) is 9.13 Å². The summed E-state index contributed by atoms with van der Waals surface area (Å²) >= 11 is 0. The summed E-state index contributed by atoms with van der Waals surface area (Å²) in [4.78, 5) is 3.70. The van der Waals surface area contributed by atoms with Crippen LogP contribution in [0.25, 0.3) is 88.4 Å². The van der Waals surface area contributed by atoms with Crippen LogP contribution in [-0.4, -0.2) is 15.8 Å². The average molecular weight is 1230 g/mol. The molecular weight excluding hydrogens is 1120 g/mol. The first-order valence-electron chi connectivity index (χ1n) is 42.5. The van der Waals surface area contributed by atoms with Gasteiger partial charge in [0.25, 0.3) is 6.71 Å². The van der Waals surface area contributed by atoms with Gasteiger partial charge < -0.3 is 18.9 Å². The summed E-state index contributed by atoms with van der Waals surface area (Å²) in [5.41, 5.74) is 4.34. The predicted molar refractivity (Wildman–Crippen MR) is 400 cm³/mol. The summed E-state index contributed by atoms with van der Waals surface area (Å²) in [6.45, 7) is 23.4. The molecule has 0 fully saturated rings. The molecule has 16 rings (SSSR count). The summed E-state index contributed by atoms with van der Waals surface area (Å²) in [5.74, 6) is 0. The van der Waals surface area contributed by atoms with Gasteiger partial charge in [-0.15, -0.1) is 0 Å². The number of para-hydroxylation sites is 6. The SMILES string of the molecule is [2H]c1c([2H])c(-n2c3c([2H])c([2H])c([2H])c([2H])c3c3c([2H])c([2H])c([2H])c([2H])c32)c([2H])c2c1B1c3c(cc(C(C)(C)C)cc3N(c3c(-c4ccc(C(C)(C)C)cc4)cccc3-c3ccc(C(C)(C)C)cc3)c3c([2H])c(-n4c5c([2H])c([2H])c([2H])c([2H])c5c5c([2H])c([2H])c([2H])c([2H])c54)c([2H])c([2H])c31)N2c1ccccc1-c1ccc(C(C)(C)C)cc1. The van der Waals surface area contributed by atoms with E-state index in [0.717, 1.165) is 25.8 Å². The van der Waals surface area contributed by atoms with Crippen LogP contribution in [0.2, 0.25) is 0 Å². The Bertz CT molecular complexity index is 6430. The molecule has 2 aliphatic heterocycles. The van der Waals surface area contributed by atoms with E-state index in [0.29, 0.717) is 67.2 Å². The number of nitrogens with zero attached hydrogens (tertiary/aromatic N) is 4. The van der Waals surface area contributed by atoms with Gasteiger partial charge in [-0.1, -0.05) is 277 Å². The van der Waals surface area contributed by atoms with Crippen molar-refractivity contribution in [2.75, 3.05) is 9.80 Å². The first-order valence-corrected chi connectivity index (χ1v) is 31.5. The largest absolute Gasteiger partial charge is 0.311 e. The lowest BCUT2D eigenvalue weighted by atomic mass is 9.33. The van der Waals surface area contributed by atoms with Gasteiger partial charge in [0.15, 0.2) is 0 Å². The Labute approximate surface area is 580 Å². The topological polar surface area (TPSA) is 16.3 Å². The molecule has 2 aromatic heterocycles. The molecule has 0 bridgehead atoms. The fourth-order valence-electron chi connectivity index (χ4n) is 13.6. The Morgan fingerprint density at radius 1 is 0.312 bits per heavy atom. The van der Waals surface area contributed by atoms with Crippen LogP contribution in [-0.2, 0) is 21.7 Å².